The molecule has 0 aromatic heterocycles. The molecule has 2 heteroatoms. The van der Waals surface area contributed by atoms with Crippen molar-refractivity contribution < 1.29 is 0 Å². The van der Waals surface area contributed by atoms with Crippen LogP contribution in [0.2, 0.25) is 0 Å². The maximum Gasteiger partial charge on any atom is 0.0159 e. The minimum absolute atomic E-state index is 0.212. The molecule has 122 valence electrons. The van der Waals surface area contributed by atoms with Crippen molar-refractivity contribution >= 4 is 0 Å². The Morgan fingerprint density at radius 2 is 1.68 bits per heavy atom. The lowest BCUT2D eigenvalue weighted by atomic mass is 9.79. The summed E-state index contributed by atoms with van der Waals surface area (Å²) >= 11 is 0. The van der Waals surface area contributed by atoms with Crippen LogP contribution in [0.25, 0.3) is 0 Å². The Labute approximate surface area is 136 Å². The monoisotopic (exact) mass is 300 g/mol. The second kappa shape index (κ2) is 5.98. The van der Waals surface area contributed by atoms with Crippen LogP contribution in [0.4, 0.5) is 0 Å². The molecule has 2 saturated carbocycles. The first-order valence-electron chi connectivity index (χ1n) is 8.95. The standard InChI is InChI=1S/C20H32N2/c1-19(2,3)22-20(4)12-10-16(11-13-20)21-18-14-17(18)15-8-6-5-7-9-15/h5-9,16-18,21-22H,10-14H2,1-4H3/t16-,17-,18+,20-/m1/s1. The Kier molecular flexibility index (Phi) is 4.35. The van der Waals surface area contributed by atoms with Crippen molar-refractivity contribution in [3.8, 4) is 0 Å². The molecular formula is C20H32N2. The Morgan fingerprint density at radius 3 is 2.27 bits per heavy atom. The average molecular weight is 300 g/mol. The highest BCUT2D eigenvalue weighted by atomic mass is 15.1. The second-order valence-electron chi connectivity index (χ2n) is 8.74. The van der Waals surface area contributed by atoms with Gasteiger partial charge in [-0.15, -0.1) is 0 Å². The third kappa shape index (κ3) is 4.11. The summed E-state index contributed by atoms with van der Waals surface area (Å²) < 4.78 is 0. The van der Waals surface area contributed by atoms with Crippen LogP contribution < -0.4 is 10.6 Å². The van der Waals surface area contributed by atoms with Crippen molar-refractivity contribution in [1.29, 1.82) is 0 Å². The molecule has 0 amide bonds. The molecule has 1 aromatic rings. The lowest BCUT2D eigenvalue weighted by molar-refractivity contribution is 0.176. The van der Waals surface area contributed by atoms with Gasteiger partial charge >= 0.3 is 0 Å². The zero-order valence-corrected chi connectivity index (χ0v) is 14.7. The minimum Gasteiger partial charge on any atom is -0.311 e. The molecule has 2 aliphatic rings. The topological polar surface area (TPSA) is 24.1 Å². The van der Waals surface area contributed by atoms with Gasteiger partial charge in [-0.05, 0) is 65.4 Å². The Morgan fingerprint density at radius 1 is 1.05 bits per heavy atom. The van der Waals surface area contributed by atoms with Gasteiger partial charge < -0.3 is 10.6 Å². The molecule has 0 unspecified atom stereocenters. The highest BCUT2D eigenvalue weighted by molar-refractivity contribution is 5.27. The van der Waals surface area contributed by atoms with E-state index in [4.69, 9.17) is 0 Å². The molecule has 2 nitrogen and oxygen atoms in total. The van der Waals surface area contributed by atoms with Gasteiger partial charge in [-0.2, -0.15) is 0 Å². The van der Waals surface area contributed by atoms with Gasteiger partial charge in [0.15, 0.2) is 0 Å². The van der Waals surface area contributed by atoms with E-state index in [2.05, 4.69) is 68.7 Å². The van der Waals surface area contributed by atoms with Gasteiger partial charge in [0.25, 0.3) is 0 Å². The van der Waals surface area contributed by atoms with Crippen LogP contribution in [0.3, 0.4) is 0 Å². The van der Waals surface area contributed by atoms with Crippen molar-refractivity contribution in [1.82, 2.24) is 10.6 Å². The first-order chi connectivity index (χ1) is 10.3. The summed E-state index contributed by atoms with van der Waals surface area (Å²) in [6.45, 7) is 9.23. The average Bonchev–Trinajstić information content (AvgIpc) is 3.20. The number of rotatable bonds is 4. The molecule has 2 atom stereocenters. The molecule has 0 bridgehead atoms. The van der Waals surface area contributed by atoms with Crippen molar-refractivity contribution in [2.75, 3.05) is 0 Å². The summed E-state index contributed by atoms with van der Waals surface area (Å²) in [5.41, 5.74) is 2.04. The van der Waals surface area contributed by atoms with E-state index in [0.717, 1.165) is 5.92 Å². The third-order valence-corrected chi connectivity index (χ3v) is 5.23. The first kappa shape index (κ1) is 16.0. The van der Waals surface area contributed by atoms with Crippen LogP contribution in [0, 0.1) is 0 Å². The summed E-state index contributed by atoms with van der Waals surface area (Å²) in [4.78, 5) is 0. The molecule has 2 aliphatic carbocycles. The van der Waals surface area contributed by atoms with E-state index in [9.17, 15) is 0 Å². The van der Waals surface area contributed by atoms with Gasteiger partial charge in [-0.25, -0.2) is 0 Å². The first-order valence-corrected chi connectivity index (χ1v) is 8.95. The van der Waals surface area contributed by atoms with Crippen molar-refractivity contribution in [2.45, 2.75) is 88.9 Å². The van der Waals surface area contributed by atoms with E-state index in [-0.39, 0.29) is 5.54 Å². The van der Waals surface area contributed by atoms with Crippen molar-refractivity contribution in [3.63, 3.8) is 0 Å². The predicted octanol–water partition coefficient (Wildman–Crippen LogP) is 4.22. The Balaban J connectivity index is 1.46. The fourth-order valence-electron chi connectivity index (χ4n) is 4.20. The summed E-state index contributed by atoms with van der Waals surface area (Å²) in [5, 5.41) is 7.74. The zero-order valence-electron chi connectivity index (χ0n) is 14.7. The van der Waals surface area contributed by atoms with Crippen molar-refractivity contribution in [2.24, 2.45) is 0 Å². The lowest BCUT2D eigenvalue weighted by Gasteiger charge is -2.43. The molecule has 0 spiro atoms. The molecule has 0 aliphatic heterocycles. The fraction of sp³-hybridized carbons (Fsp3) is 0.700. The van der Waals surface area contributed by atoms with E-state index in [1.807, 2.05) is 0 Å². The highest BCUT2D eigenvalue weighted by Crippen LogP contribution is 2.42. The minimum atomic E-state index is 0.212. The maximum atomic E-state index is 3.91. The highest BCUT2D eigenvalue weighted by Gasteiger charge is 2.41. The normalized spacial score (nSPS) is 35.4. The van der Waals surface area contributed by atoms with Crippen LogP contribution >= 0.6 is 0 Å². The van der Waals surface area contributed by atoms with E-state index in [1.54, 1.807) is 0 Å². The summed E-state index contributed by atoms with van der Waals surface area (Å²) in [7, 11) is 0. The van der Waals surface area contributed by atoms with Crippen molar-refractivity contribution in [3.05, 3.63) is 35.9 Å². The van der Waals surface area contributed by atoms with Gasteiger partial charge in [0.05, 0.1) is 0 Å². The summed E-state index contributed by atoms with van der Waals surface area (Å²) in [6, 6.07) is 12.4. The van der Waals surface area contributed by atoms with Gasteiger partial charge in [-0.3, -0.25) is 0 Å². The second-order valence-corrected chi connectivity index (χ2v) is 8.74. The summed E-state index contributed by atoms with van der Waals surface area (Å²) in [6.07, 6.45) is 6.49. The molecule has 22 heavy (non-hydrogen) atoms. The van der Waals surface area contributed by atoms with Gasteiger partial charge in [0.1, 0.15) is 0 Å². The predicted molar refractivity (Wildman–Crippen MR) is 94.3 cm³/mol. The van der Waals surface area contributed by atoms with E-state index >= 15 is 0 Å². The molecule has 1 aromatic carbocycles. The van der Waals surface area contributed by atoms with Crippen LogP contribution in [-0.4, -0.2) is 23.2 Å². The van der Waals surface area contributed by atoms with E-state index in [1.165, 1.54) is 37.7 Å². The number of nitrogens with one attached hydrogen (secondary N) is 2. The quantitative estimate of drug-likeness (QED) is 0.870. The molecular weight excluding hydrogens is 268 g/mol. The smallest absolute Gasteiger partial charge is 0.0159 e. The van der Waals surface area contributed by atoms with Crippen LogP contribution in [-0.2, 0) is 0 Å². The number of hydrogen-bond acceptors (Lipinski definition) is 2. The maximum absolute atomic E-state index is 3.91. The van der Waals surface area contributed by atoms with Gasteiger partial charge in [-0.1, -0.05) is 30.3 Å². The molecule has 0 saturated heterocycles. The zero-order chi connectivity index (χ0) is 15.8. The summed E-state index contributed by atoms with van der Waals surface area (Å²) in [5.74, 6) is 0.752. The van der Waals surface area contributed by atoms with E-state index < -0.39 is 0 Å². The fourth-order valence-corrected chi connectivity index (χ4v) is 4.20. The Hall–Kier alpha value is -0.860. The van der Waals surface area contributed by atoms with Gasteiger partial charge in [0, 0.05) is 29.1 Å². The molecule has 0 heterocycles. The Bertz CT molecular complexity index is 480. The van der Waals surface area contributed by atoms with Crippen LogP contribution in [0.15, 0.2) is 30.3 Å². The lowest BCUT2D eigenvalue weighted by Crippen LogP contribution is -2.55. The SMILES string of the molecule is CC(C)(C)N[C@]1(C)CC[C@@H](N[C@H]2C[C@@H]2c2ccccc2)CC1. The van der Waals surface area contributed by atoms with Crippen LogP contribution in [0.1, 0.15) is 71.3 Å². The van der Waals surface area contributed by atoms with Crippen LogP contribution in [0.5, 0.6) is 0 Å². The molecule has 2 fully saturated rings. The number of hydrogen-bond donors (Lipinski definition) is 2. The largest absolute Gasteiger partial charge is 0.311 e. The van der Waals surface area contributed by atoms with Gasteiger partial charge in [0.2, 0.25) is 0 Å². The number of benzene rings is 1. The molecule has 0 radical (unpaired) electrons. The van der Waals surface area contributed by atoms with E-state index in [0.29, 0.717) is 17.6 Å². The molecule has 3 rings (SSSR count). The third-order valence-electron chi connectivity index (χ3n) is 5.23. The molecule has 2 N–H and O–H groups in total.